The fraction of sp³-hybridized carbons (Fsp3) is 0.944. The predicted octanol–water partition coefficient (Wildman–Crippen LogP) is -16.0. The van der Waals surface area contributed by atoms with Gasteiger partial charge in [-0.3, -0.25) is 14.4 Å². The second-order valence-corrected chi connectivity index (χ2v) is 24.6. The lowest BCUT2D eigenvalue weighted by molar-refractivity contribution is -0.418. The number of ether oxygens (including phenoxy) is 15. The van der Waals surface area contributed by atoms with Crippen molar-refractivity contribution in [2.24, 2.45) is 0 Å². The number of rotatable bonds is 23. The number of carbonyl (C=O) groups excluding carboxylic acids is 3. The summed E-state index contributed by atoms with van der Waals surface area (Å²) in [6.07, 6.45) is -76.1. The van der Waals surface area contributed by atoms with E-state index >= 15 is 0 Å². The maximum absolute atomic E-state index is 13.2. The monoisotopic (exact) mass is 1410 g/mol. The quantitative estimate of drug-likeness (QED) is 0.0452. The molecule has 40 atom stereocenters. The maximum Gasteiger partial charge on any atom is 0.217 e. The molecule has 42 heteroatoms. The number of hydrogen-bond donors (Lipinski definition) is 24. The molecule has 8 saturated heterocycles. The first-order valence-corrected chi connectivity index (χ1v) is 30.8. The fourth-order valence-corrected chi connectivity index (χ4v) is 12.4. The number of aliphatic hydroxyl groups excluding tert-OH is 21. The summed E-state index contributed by atoms with van der Waals surface area (Å²) < 4.78 is 90.8. The van der Waals surface area contributed by atoms with Gasteiger partial charge in [-0.05, 0) is 13.8 Å². The van der Waals surface area contributed by atoms with E-state index in [0.29, 0.717) is 0 Å². The van der Waals surface area contributed by atoms with Crippen molar-refractivity contribution in [3.8, 4) is 0 Å². The van der Waals surface area contributed by atoms with E-state index in [1.54, 1.807) is 0 Å². The summed E-state index contributed by atoms with van der Waals surface area (Å²) in [7, 11) is 0. The van der Waals surface area contributed by atoms with Crippen molar-refractivity contribution in [3.05, 3.63) is 0 Å². The van der Waals surface area contributed by atoms with Gasteiger partial charge in [0.05, 0.1) is 51.8 Å². The highest BCUT2D eigenvalue weighted by atomic mass is 16.8. The fourth-order valence-electron chi connectivity index (χ4n) is 12.4. The van der Waals surface area contributed by atoms with E-state index < -0.39 is 303 Å². The maximum atomic E-state index is 13.2. The minimum absolute atomic E-state index is 0.815. The van der Waals surface area contributed by atoms with E-state index in [-0.39, 0.29) is 0 Å². The van der Waals surface area contributed by atoms with E-state index in [0.717, 1.165) is 20.8 Å². The second kappa shape index (κ2) is 33.8. The van der Waals surface area contributed by atoms with E-state index in [1.165, 1.54) is 13.8 Å². The summed E-state index contributed by atoms with van der Waals surface area (Å²) in [5.41, 5.74) is 0. The van der Waals surface area contributed by atoms with E-state index in [2.05, 4.69) is 16.0 Å². The van der Waals surface area contributed by atoms with Crippen molar-refractivity contribution in [1.29, 1.82) is 0 Å². The summed E-state index contributed by atoms with van der Waals surface area (Å²) in [6.45, 7) is -1.01. The van der Waals surface area contributed by atoms with Crippen LogP contribution in [0.1, 0.15) is 34.6 Å². The van der Waals surface area contributed by atoms with Gasteiger partial charge < -0.3 is 194 Å². The van der Waals surface area contributed by atoms with E-state index in [9.17, 15) is 122 Å². The average Bonchev–Trinajstić information content (AvgIpc) is 0.761. The van der Waals surface area contributed by atoms with Crippen LogP contribution in [0.25, 0.3) is 0 Å². The zero-order valence-corrected chi connectivity index (χ0v) is 52.1. The predicted molar refractivity (Wildman–Crippen MR) is 296 cm³/mol. The van der Waals surface area contributed by atoms with Crippen molar-refractivity contribution in [1.82, 2.24) is 16.0 Å². The summed E-state index contributed by atoms with van der Waals surface area (Å²) >= 11 is 0. The highest BCUT2D eigenvalue weighted by molar-refractivity contribution is 5.74. The van der Waals surface area contributed by atoms with Crippen LogP contribution in [0.4, 0.5) is 0 Å². The van der Waals surface area contributed by atoms with Gasteiger partial charge in [0, 0.05) is 20.8 Å². The molecule has 0 saturated carbocycles. The molecule has 0 aliphatic carbocycles. The van der Waals surface area contributed by atoms with Crippen molar-refractivity contribution < 1.29 is 193 Å². The summed E-state index contributed by atoms with van der Waals surface area (Å²) in [4.78, 5) is 38.4. The molecule has 0 aromatic rings. The first-order valence-electron chi connectivity index (χ1n) is 30.8. The Hall–Kier alpha value is -3.03. The number of amides is 3. The molecule has 24 N–H and O–H groups in total. The van der Waals surface area contributed by atoms with Crippen LogP contribution in [0.15, 0.2) is 0 Å². The number of carbonyl (C=O) groups is 3. The average molecular weight is 1410 g/mol. The Morgan fingerprint density at radius 1 is 0.292 bits per heavy atom. The zero-order valence-electron chi connectivity index (χ0n) is 52.1. The molecular weight excluding hydrogens is 1310 g/mol. The van der Waals surface area contributed by atoms with Crippen molar-refractivity contribution in [2.45, 2.75) is 280 Å². The molecular formula is C54H91N3O39. The Balaban J connectivity index is 1.27. The summed E-state index contributed by atoms with van der Waals surface area (Å²) in [5.74, 6) is -2.66. The van der Waals surface area contributed by atoms with Gasteiger partial charge in [0.15, 0.2) is 50.3 Å². The van der Waals surface area contributed by atoms with Gasteiger partial charge in [0.1, 0.15) is 183 Å². The first kappa shape index (κ1) is 78.7. The largest absolute Gasteiger partial charge is 0.394 e. The van der Waals surface area contributed by atoms with Gasteiger partial charge in [-0.2, -0.15) is 0 Å². The van der Waals surface area contributed by atoms with Crippen LogP contribution in [0.3, 0.4) is 0 Å². The van der Waals surface area contributed by atoms with Crippen molar-refractivity contribution in [3.63, 3.8) is 0 Å². The van der Waals surface area contributed by atoms with Crippen LogP contribution in [-0.2, 0) is 85.4 Å². The molecule has 0 aromatic carbocycles. The molecule has 0 radical (unpaired) electrons. The van der Waals surface area contributed by atoms with Crippen LogP contribution in [0.5, 0.6) is 0 Å². The third kappa shape index (κ3) is 17.0. The lowest BCUT2D eigenvalue weighted by Crippen LogP contribution is -2.71. The normalized spacial score (nSPS) is 50.3. The topological polar surface area (TPSA) is 651 Å². The molecule has 1 unspecified atom stereocenters. The molecule has 8 heterocycles. The number of aliphatic hydroxyl groups is 21. The van der Waals surface area contributed by atoms with E-state index in [4.69, 9.17) is 71.1 Å². The van der Waals surface area contributed by atoms with Gasteiger partial charge in [0.25, 0.3) is 0 Å². The lowest BCUT2D eigenvalue weighted by Gasteiger charge is -2.53. The smallest absolute Gasteiger partial charge is 0.217 e. The Kier molecular flexibility index (Phi) is 27.7. The Labute approximate surface area is 545 Å². The molecule has 0 spiro atoms. The van der Waals surface area contributed by atoms with Gasteiger partial charge in [-0.25, -0.2) is 0 Å². The highest BCUT2D eigenvalue weighted by Crippen LogP contribution is 2.41. The Bertz CT molecular complexity index is 2470. The Morgan fingerprint density at radius 2 is 0.594 bits per heavy atom. The summed E-state index contributed by atoms with van der Waals surface area (Å²) in [5, 5.41) is 240. The van der Waals surface area contributed by atoms with Gasteiger partial charge in [-0.1, -0.05) is 0 Å². The standard InChI is InChI=1S/C54H91N3O39/c1-12-26(66)35(75)38(78)50(83-12)95-45-43(93-49-25(57-16(5)65)42(31(71)20(9-61)87-49)91-52-40(80)37(77)29(69)18(7-59)88-52)32(72)21(10-62)89-53(45)94-44-33(73)22(11-82-48-23(55-14(3)63)34(74)28(68)17(6-58)86-48)90-54(46(44)96-51-39(79)36(76)27(67)13(2)84-51)92-41-24(56-15(4)64)47(81)85-19(8-60)30(41)70/h12-13,17-54,58-62,66-81H,6-11H2,1-5H3,(H,55,63)(H,56,64)(H,57,65)/t12-,13-,17+,18+,19+,20+,21+,22+,23+,24+,25+,26+,27+,28+,29-,30-,31-,32-,33-,34+,35+,36+,37-,38-,39-,40+,41+,42+,43-,44-,45+,46+,47?,48+,49+,50-,51-,52+,53-,54-/m0/s1. The molecule has 8 fully saturated rings. The molecule has 0 aromatic heterocycles. The molecule has 8 aliphatic heterocycles. The van der Waals surface area contributed by atoms with Gasteiger partial charge in [0.2, 0.25) is 17.7 Å². The van der Waals surface area contributed by atoms with Crippen molar-refractivity contribution in [2.75, 3.05) is 39.6 Å². The number of hydrogen-bond acceptors (Lipinski definition) is 39. The molecule has 8 aliphatic rings. The molecule has 3 amide bonds. The van der Waals surface area contributed by atoms with Crippen LogP contribution in [-0.4, -0.2) is 410 Å². The van der Waals surface area contributed by atoms with Gasteiger partial charge >= 0.3 is 0 Å². The van der Waals surface area contributed by atoms with Gasteiger partial charge in [-0.15, -0.1) is 0 Å². The SMILES string of the molecule is CC(=O)N[C@H]1[C@H](OC[C@H]2O[C@@H](O[C@H]3[C@@H](O)[C@@H](CO)OC(O)[C@@H]3NC(C)=O)[C@H](O[C@@H]3O[C@@H](C)[C@@H](O)[C@@H](O)[C@@H]3O)[C@@H](O[C@@H]3O[C@H](CO)[C@H](O)[C@H](O[C@H]4O[C@H](CO)[C@H](O)[C@H](O[C@H]5O[C@H](CO)[C@H](O)[C@H](O)[C@H]5O)[C@H]4NC(C)=O)[C@H]3O[C@@H]3O[C@@H](C)[C@@H](O)[C@@H](O)[C@@H]3O)[C@H]2O)O[C@H](CO)[C@@H](O)[C@@H]1O. The zero-order chi connectivity index (χ0) is 70.8. The van der Waals surface area contributed by atoms with Crippen LogP contribution in [0.2, 0.25) is 0 Å². The van der Waals surface area contributed by atoms with Crippen LogP contribution in [0, 0.1) is 0 Å². The summed E-state index contributed by atoms with van der Waals surface area (Å²) in [6, 6.07) is -5.46. The third-order valence-corrected chi connectivity index (χ3v) is 17.8. The molecule has 0 bridgehead atoms. The highest BCUT2D eigenvalue weighted by Gasteiger charge is 2.61. The molecule has 42 nitrogen and oxygen atoms in total. The first-order chi connectivity index (χ1) is 45.3. The van der Waals surface area contributed by atoms with E-state index in [1.807, 2.05) is 0 Å². The lowest BCUT2D eigenvalue weighted by atomic mass is 9.93. The Morgan fingerprint density at radius 3 is 1.06 bits per heavy atom. The minimum atomic E-state index is -2.47. The number of nitrogens with one attached hydrogen (secondary N) is 3. The molecule has 96 heavy (non-hydrogen) atoms. The minimum Gasteiger partial charge on any atom is -0.394 e. The molecule has 8 rings (SSSR count). The van der Waals surface area contributed by atoms with Crippen molar-refractivity contribution >= 4 is 17.7 Å². The second-order valence-electron chi connectivity index (χ2n) is 24.6. The molecule has 556 valence electrons. The van der Waals surface area contributed by atoms with Crippen LogP contribution >= 0.6 is 0 Å². The third-order valence-electron chi connectivity index (χ3n) is 17.8. The van der Waals surface area contributed by atoms with Crippen LogP contribution < -0.4 is 16.0 Å².